The minimum absolute atomic E-state index is 0.315. The minimum Gasteiger partial charge on any atom is -0.314 e. The van der Waals surface area contributed by atoms with Gasteiger partial charge in [0.15, 0.2) is 0 Å². The Labute approximate surface area is 95.2 Å². The first-order valence-electron chi connectivity index (χ1n) is 6.58. The predicted molar refractivity (Wildman–Crippen MR) is 67.2 cm³/mol. The summed E-state index contributed by atoms with van der Waals surface area (Å²) in [6.07, 6.45) is 6.55. The zero-order valence-electron chi connectivity index (χ0n) is 10.9. The summed E-state index contributed by atoms with van der Waals surface area (Å²) in [6.45, 7) is 10.2. The molecule has 0 radical (unpaired) electrons. The molecule has 0 aromatic heterocycles. The highest BCUT2D eigenvalue weighted by atomic mass is 15.0. The van der Waals surface area contributed by atoms with Gasteiger partial charge in [-0.25, -0.2) is 0 Å². The summed E-state index contributed by atoms with van der Waals surface area (Å²) in [7, 11) is 0. The molecule has 0 aromatic carbocycles. The van der Waals surface area contributed by atoms with Crippen LogP contribution in [0, 0.1) is 0 Å². The molecular weight excluding hydrogens is 184 g/mol. The second kappa shape index (κ2) is 5.86. The quantitative estimate of drug-likeness (QED) is 0.732. The molecule has 1 saturated carbocycles. The van der Waals surface area contributed by atoms with E-state index in [1.807, 2.05) is 0 Å². The van der Waals surface area contributed by atoms with Crippen LogP contribution in [0.2, 0.25) is 0 Å². The van der Waals surface area contributed by atoms with Crippen LogP contribution in [0.3, 0.4) is 0 Å². The van der Waals surface area contributed by atoms with Crippen molar-refractivity contribution in [3.8, 4) is 0 Å². The van der Waals surface area contributed by atoms with Crippen molar-refractivity contribution in [3.05, 3.63) is 0 Å². The fourth-order valence-electron chi connectivity index (χ4n) is 2.39. The zero-order chi connectivity index (χ0) is 11.3. The van der Waals surface area contributed by atoms with Gasteiger partial charge in [0, 0.05) is 17.6 Å². The molecule has 15 heavy (non-hydrogen) atoms. The van der Waals surface area contributed by atoms with Crippen molar-refractivity contribution in [2.75, 3.05) is 6.54 Å². The van der Waals surface area contributed by atoms with Crippen molar-refractivity contribution in [2.45, 2.75) is 77.4 Å². The van der Waals surface area contributed by atoms with E-state index in [2.05, 4.69) is 38.3 Å². The van der Waals surface area contributed by atoms with Crippen molar-refractivity contribution >= 4 is 0 Å². The molecule has 0 unspecified atom stereocenters. The second-order valence-corrected chi connectivity index (χ2v) is 5.49. The van der Waals surface area contributed by atoms with Crippen LogP contribution in [0.15, 0.2) is 0 Å². The Hall–Kier alpha value is -0.0800. The largest absolute Gasteiger partial charge is 0.314 e. The summed E-state index contributed by atoms with van der Waals surface area (Å²) in [4.78, 5) is 0. The molecule has 0 atom stereocenters. The molecule has 1 aliphatic rings. The molecule has 0 aromatic rings. The van der Waals surface area contributed by atoms with Gasteiger partial charge in [-0.15, -0.1) is 0 Å². The molecule has 90 valence electrons. The minimum atomic E-state index is 0.315. The third-order valence-electron chi connectivity index (χ3n) is 3.70. The van der Waals surface area contributed by atoms with Crippen LogP contribution in [0.25, 0.3) is 0 Å². The Morgan fingerprint density at radius 3 is 2.00 bits per heavy atom. The normalized spacial score (nSPS) is 28.0. The molecule has 0 heterocycles. The zero-order valence-corrected chi connectivity index (χ0v) is 10.9. The third kappa shape index (κ3) is 4.52. The molecule has 1 rings (SSSR count). The van der Waals surface area contributed by atoms with Crippen molar-refractivity contribution < 1.29 is 0 Å². The van der Waals surface area contributed by atoms with Crippen molar-refractivity contribution in [1.29, 1.82) is 0 Å². The lowest BCUT2D eigenvalue weighted by atomic mass is 9.88. The lowest BCUT2D eigenvalue weighted by Crippen LogP contribution is -2.48. The van der Waals surface area contributed by atoms with Gasteiger partial charge < -0.3 is 10.6 Å². The van der Waals surface area contributed by atoms with Crippen LogP contribution in [-0.4, -0.2) is 24.2 Å². The van der Waals surface area contributed by atoms with Crippen LogP contribution in [0.5, 0.6) is 0 Å². The van der Waals surface area contributed by atoms with Gasteiger partial charge in [0.05, 0.1) is 0 Å². The summed E-state index contributed by atoms with van der Waals surface area (Å²) in [5.41, 5.74) is 0.315. The number of hydrogen-bond donors (Lipinski definition) is 2. The van der Waals surface area contributed by atoms with E-state index in [1.54, 1.807) is 0 Å². The third-order valence-corrected chi connectivity index (χ3v) is 3.70. The standard InChI is InChI=1S/C13H28N2/c1-5-13(3,4)15-12-9-7-11(8-10-12)14-6-2/h11-12,14-15H,5-10H2,1-4H3. The smallest absolute Gasteiger partial charge is 0.0125 e. The fraction of sp³-hybridized carbons (Fsp3) is 1.00. The van der Waals surface area contributed by atoms with Crippen LogP contribution in [-0.2, 0) is 0 Å². The highest BCUT2D eigenvalue weighted by molar-refractivity contribution is 4.86. The molecular formula is C13H28N2. The van der Waals surface area contributed by atoms with Crippen LogP contribution < -0.4 is 10.6 Å². The summed E-state index contributed by atoms with van der Waals surface area (Å²) >= 11 is 0. The lowest BCUT2D eigenvalue weighted by Gasteiger charge is -2.35. The van der Waals surface area contributed by atoms with Gasteiger partial charge in [0.1, 0.15) is 0 Å². The van der Waals surface area contributed by atoms with E-state index >= 15 is 0 Å². The maximum Gasteiger partial charge on any atom is 0.0125 e. The maximum atomic E-state index is 3.78. The maximum absolute atomic E-state index is 3.78. The highest BCUT2D eigenvalue weighted by Crippen LogP contribution is 2.21. The fourth-order valence-corrected chi connectivity index (χ4v) is 2.39. The van der Waals surface area contributed by atoms with Crippen molar-refractivity contribution in [1.82, 2.24) is 10.6 Å². The summed E-state index contributed by atoms with van der Waals surface area (Å²) in [5.74, 6) is 0. The Morgan fingerprint density at radius 1 is 1.00 bits per heavy atom. The van der Waals surface area contributed by atoms with Crippen LogP contribution >= 0.6 is 0 Å². The van der Waals surface area contributed by atoms with E-state index in [0.29, 0.717) is 5.54 Å². The van der Waals surface area contributed by atoms with Gasteiger partial charge in [-0.05, 0) is 52.5 Å². The van der Waals surface area contributed by atoms with Gasteiger partial charge in [0.25, 0.3) is 0 Å². The molecule has 0 amide bonds. The molecule has 1 aliphatic carbocycles. The van der Waals surface area contributed by atoms with E-state index < -0.39 is 0 Å². The van der Waals surface area contributed by atoms with Gasteiger partial charge in [-0.3, -0.25) is 0 Å². The van der Waals surface area contributed by atoms with Crippen molar-refractivity contribution in [2.24, 2.45) is 0 Å². The van der Waals surface area contributed by atoms with Gasteiger partial charge in [-0.1, -0.05) is 13.8 Å². The number of rotatable bonds is 5. The molecule has 2 heteroatoms. The predicted octanol–water partition coefficient (Wildman–Crippen LogP) is 2.69. The Balaban J connectivity index is 2.25. The van der Waals surface area contributed by atoms with Crippen LogP contribution in [0.4, 0.5) is 0 Å². The average molecular weight is 212 g/mol. The molecule has 0 spiro atoms. The summed E-state index contributed by atoms with van der Waals surface area (Å²) < 4.78 is 0. The molecule has 2 N–H and O–H groups in total. The Morgan fingerprint density at radius 2 is 1.53 bits per heavy atom. The van der Waals surface area contributed by atoms with Crippen molar-refractivity contribution in [3.63, 3.8) is 0 Å². The summed E-state index contributed by atoms with van der Waals surface area (Å²) in [6, 6.07) is 1.52. The molecule has 0 saturated heterocycles. The highest BCUT2D eigenvalue weighted by Gasteiger charge is 2.24. The monoisotopic (exact) mass is 212 g/mol. The number of nitrogens with one attached hydrogen (secondary N) is 2. The van der Waals surface area contributed by atoms with Gasteiger partial charge in [-0.2, -0.15) is 0 Å². The topological polar surface area (TPSA) is 24.1 Å². The van der Waals surface area contributed by atoms with Gasteiger partial charge in [0.2, 0.25) is 0 Å². The van der Waals surface area contributed by atoms with E-state index in [0.717, 1.165) is 18.6 Å². The molecule has 2 nitrogen and oxygen atoms in total. The summed E-state index contributed by atoms with van der Waals surface area (Å²) in [5, 5.41) is 7.33. The first kappa shape index (κ1) is 13.0. The molecule has 0 bridgehead atoms. The SMILES string of the molecule is CCNC1CCC(NC(C)(C)CC)CC1. The number of hydrogen-bond acceptors (Lipinski definition) is 2. The first-order chi connectivity index (χ1) is 7.07. The van der Waals surface area contributed by atoms with E-state index in [9.17, 15) is 0 Å². The van der Waals surface area contributed by atoms with E-state index in [4.69, 9.17) is 0 Å². The first-order valence-corrected chi connectivity index (χ1v) is 6.58. The Kier molecular flexibility index (Phi) is 5.07. The van der Waals surface area contributed by atoms with E-state index in [-0.39, 0.29) is 0 Å². The average Bonchev–Trinajstić information content (AvgIpc) is 2.21. The van der Waals surface area contributed by atoms with Crippen LogP contribution in [0.1, 0.15) is 59.8 Å². The van der Waals surface area contributed by atoms with E-state index in [1.165, 1.54) is 32.1 Å². The molecule has 1 fully saturated rings. The lowest BCUT2D eigenvalue weighted by molar-refractivity contribution is 0.249. The Bertz CT molecular complexity index is 169. The second-order valence-electron chi connectivity index (χ2n) is 5.49. The molecule has 0 aliphatic heterocycles. The van der Waals surface area contributed by atoms with Gasteiger partial charge >= 0.3 is 0 Å².